The molecule has 8 heteroatoms. The Balaban J connectivity index is 1.54. The first-order valence-electron chi connectivity index (χ1n) is 11.9. The van der Waals surface area contributed by atoms with Gasteiger partial charge in [-0.3, -0.25) is 14.4 Å². The standard InChI is InChI=1S/C29H27ClN2O4S/c1-18-14-15-20(30)16-25(18)32-28(34)26(19-8-3-2-4-9-19)37-22-11-7-10-21(17-22)31-27(33)23-12-5-6-13-24(23)29(35)36/h2-11,14-17,23-24,26H,12-13H2,1H3,(H,31,33)(H,32,34)(H,35,36). The van der Waals surface area contributed by atoms with Crippen LogP contribution < -0.4 is 10.6 Å². The Hall–Kier alpha value is -3.55. The average molecular weight is 535 g/mol. The number of amides is 2. The fourth-order valence-electron chi connectivity index (χ4n) is 4.22. The van der Waals surface area contributed by atoms with Crippen LogP contribution in [0.4, 0.5) is 11.4 Å². The minimum atomic E-state index is -0.972. The molecule has 3 unspecified atom stereocenters. The van der Waals surface area contributed by atoms with Crippen LogP contribution in [0.3, 0.4) is 0 Å². The van der Waals surface area contributed by atoms with E-state index < -0.39 is 23.1 Å². The number of halogens is 1. The third kappa shape index (κ3) is 6.81. The Labute approximate surface area is 225 Å². The first-order valence-corrected chi connectivity index (χ1v) is 13.1. The van der Waals surface area contributed by atoms with Gasteiger partial charge in [0.15, 0.2) is 0 Å². The van der Waals surface area contributed by atoms with E-state index in [0.717, 1.165) is 16.0 Å². The van der Waals surface area contributed by atoms with Gasteiger partial charge in [0.1, 0.15) is 5.25 Å². The molecule has 3 N–H and O–H groups in total. The van der Waals surface area contributed by atoms with E-state index in [9.17, 15) is 19.5 Å². The van der Waals surface area contributed by atoms with Crippen LogP contribution in [0.1, 0.15) is 29.2 Å². The van der Waals surface area contributed by atoms with Crippen LogP contribution in [-0.2, 0) is 14.4 Å². The Morgan fingerprint density at radius 2 is 1.65 bits per heavy atom. The molecule has 3 atom stereocenters. The zero-order valence-electron chi connectivity index (χ0n) is 20.2. The van der Waals surface area contributed by atoms with Crippen molar-refractivity contribution in [3.05, 3.63) is 101 Å². The van der Waals surface area contributed by atoms with Crippen LogP contribution in [0.2, 0.25) is 5.02 Å². The molecule has 0 spiro atoms. The molecule has 1 aliphatic rings. The van der Waals surface area contributed by atoms with E-state index in [-0.39, 0.29) is 11.8 Å². The lowest BCUT2D eigenvalue weighted by atomic mass is 9.82. The third-order valence-corrected chi connectivity index (χ3v) is 7.72. The van der Waals surface area contributed by atoms with Gasteiger partial charge in [0.25, 0.3) is 0 Å². The minimum Gasteiger partial charge on any atom is -0.481 e. The van der Waals surface area contributed by atoms with Crippen molar-refractivity contribution < 1.29 is 19.5 Å². The van der Waals surface area contributed by atoms with Gasteiger partial charge in [-0.1, -0.05) is 66.2 Å². The zero-order chi connectivity index (χ0) is 26.4. The number of carbonyl (C=O) groups excluding carboxylic acids is 2. The topological polar surface area (TPSA) is 95.5 Å². The number of hydrogen-bond acceptors (Lipinski definition) is 4. The monoisotopic (exact) mass is 534 g/mol. The number of allylic oxidation sites excluding steroid dienone is 2. The summed E-state index contributed by atoms with van der Waals surface area (Å²) in [6, 6.07) is 22.0. The van der Waals surface area contributed by atoms with Gasteiger partial charge in [-0.25, -0.2) is 0 Å². The number of nitrogens with one attached hydrogen (secondary N) is 2. The van der Waals surface area contributed by atoms with Gasteiger partial charge in [0.05, 0.1) is 11.8 Å². The van der Waals surface area contributed by atoms with Crippen molar-refractivity contribution in [2.24, 2.45) is 11.8 Å². The fourth-order valence-corrected chi connectivity index (χ4v) is 5.48. The van der Waals surface area contributed by atoms with Crippen LogP contribution in [0, 0.1) is 18.8 Å². The van der Waals surface area contributed by atoms with Crippen LogP contribution in [0.5, 0.6) is 0 Å². The molecule has 3 aromatic carbocycles. The lowest BCUT2D eigenvalue weighted by Crippen LogP contribution is -2.34. The molecule has 4 rings (SSSR count). The third-order valence-electron chi connectivity index (χ3n) is 6.24. The van der Waals surface area contributed by atoms with Gasteiger partial charge in [-0.15, -0.1) is 11.8 Å². The number of carboxylic acid groups (broad SMARTS) is 1. The second-order valence-corrected chi connectivity index (χ2v) is 10.5. The number of anilines is 2. The van der Waals surface area contributed by atoms with E-state index >= 15 is 0 Å². The SMILES string of the molecule is Cc1ccc(Cl)cc1NC(=O)C(Sc1cccc(NC(=O)C2CC=CCC2C(=O)O)c1)c1ccccc1. The predicted molar refractivity (Wildman–Crippen MR) is 148 cm³/mol. The summed E-state index contributed by atoms with van der Waals surface area (Å²) in [6.45, 7) is 1.90. The largest absolute Gasteiger partial charge is 0.481 e. The minimum absolute atomic E-state index is 0.200. The number of thioether (sulfide) groups is 1. The van der Waals surface area contributed by atoms with Crippen molar-refractivity contribution in [2.45, 2.75) is 29.9 Å². The number of aliphatic carboxylic acids is 1. The van der Waals surface area contributed by atoms with Crippen molar-refractivity contribution in [3.8, 4) is 0 Å². The molecule has 0 radical (unpaired) electrons. The Bertz CT molecular complexity index is 1330. The molecule has 2 amide bonds. The normalized spacial score (nSPS) is 17.6. The first kappa shape index (κ1) is 26.5. The first-order chi connectivity index (χ1) is 17.8. The Morgan fingerprint density at radius 1 is 0.919 bits per heavy atom. The maximum absolute atomic E-state index is 13.4. The highest BCUT2D eigenvalue weighted by Crippen LogP contribution is 2.38. The summed E-state index contributed by atoms with van der Waals surface area (Å²) in [7, 11) is 0. The second kappa shape index (κ2) is 12.1. The molecule has 6 nitrogen and oxygen atoms in total. The maximum atomic E-state index is 13.4. The van der Waals surface area contributed by atoms with E-state index in [2.05, 4.69) is 10.6 Å². The number of hydrogen-bond donors (Lipinski definition) is 3. The predicted octanol–water partition coefficient (Wildman–Crippen LogP) is 6.73. The molecule has 0 saturated carbocycles. The molecule has 0 bridgehead atoms. The van der Waals surface area contributed by atoms with Gasteiger partial charge in [-0.2, -0.15) is 0 Å². The molecule has 1 aliphatic carbocycles. The van der Waals surface area contributed by atoms with Crippen molar-refractivity contribution in [1.29, 1.82) is 0 Å². The van der Waals surface area contributed by atoms with Gasteiger partial charge < -0.3 is 15.7 Å². The maximum Gasteiger partial charge on any atom is 0.307 e. The van der Waals surface area contributed by atoms with Crippen LogP contribution >= 0.6 is 23.4 Å². The number of carbonyl (C=O) groups is 3. The zero-order valence-corrected chi connectivity index (χ0v) is 21.8. The molecule has 0 aliphatic heterocycles. The highest BCUT2D eigenvalue weighted by atomic mass is 35.5. The molecular weight excluding hydrogens is 508 g/mol. The van der Waals surface area contributed by atoms with Crippen molar-refractivity contribution in [3.63, 3.8) is 0 Å². The molecule has 3 aromatic rings. The lowest BCUT2D eigenvalue weighted by molar-refractivity contribution is -0.146. The Kier molecular flexibility index (Phi) is 8.69. The summed E-state index contributed by atoms with van der Waals surface area (Å²) in [5.41, 5.74) is 2.93. The van der Waals surface area contributed by atoms with Gasteiger partial charge >= 0.3 is 5.97 Å². The number of rotatable bonds is 8. The summed E-state index contributed by atoms with van der Waals surface area (Å²) in [4.78, 5) is 38.7. The summed E-state index contributed by atoms with van der Waals surface area (Å²) in [6.07, 6.45) is 4.37. The molecule has 0 heterocycles. The Morgan fingerprint density at radius 3 is 2.38 bits per heavy atom. The second-order valence-electron chi connectivity index (χ2n) is 8.87. The molecule has 37 heavy (non-hydrogen) atoms. The highest BCUT2D eigenvalue weighted by molar-refractivity contribution is 8.00. The molecule has 0 fully saturated rings. The van der Waals surface area contributed by atoms with E-state index in [4.69, 9.17) is 11.6 Å². The van der Waals surface area contributed by atoms with Crippen LogP contribution in [0.25, 0.3) is 0 Å². The summed E-state index contributed by atoms with van der Waals surface area (Å²) >= 11 is 7.50. The van der Waals surface area contributed by atoms with Gasteiger partial charge in [-0.05, 0) is 61.2 Å². The summed E-state index contributed by atoms with van der Waals surface area (Å²) in [5, 5.41) is 15.3. The van der Waals surface area contributed by atoms with Gasteiger partial charge in [0, 0.05) is 21.3 Å². The summed E-state index contributed by atoms with van der Waals surface area (Å²) in [5.74, 6) is -2.88. The van der Waals surface area contributed by atoms with Crippen molar-refractivity contribution in [2.75, 3.05) is 10.6 Å². The quantitative estimate of drug-likeness (QED) is 0.220. The van der Waals surface area contributed by atoms with E-state index in [1.165, 1.54) is 11.8 Å². The van der Waals surface area contributed by atoms with Gasteiger partial charge in [0.2, 0.25) is 11.8 Å². The smallest absolute Gasteiger partial charge is 0.307 e. The van der Waals surface area contributed by atoms with Crippen LogP contribution in [-0.4, -0.2) is 22.9 Å². The lowest BCUT2D eigenvalue weighted by Gasteiger charge is -2.24. The van der Waals surface area contributed by atoms with Crippen molar-refractivity contribution >= 4 is 52.5 Å². The number of benzene rings is 3. The summed E-state index contributed by atoms with van der Waals surface area (Å²) < 4.78 is 0. The number of carboxylic acids is 1. The average Bonchev–Trinajstić information content (AvgIpc) is 2.90. The van der Waals surface area contributed by atoms with E-state index in [1.807, 2.05) is 55.5 Å². The van der Waals surface area contributed by atoms with Crippen LogP contribution in [0.15, 0.2) is 89.8 Å². The number of aryl methyl sites for hydroxylation is 1. The molecule has 0 saturated heterocycles. The fraction of sp³-hybridized carbons (Fsp3) is 0.207. The highest BCUT2D eigenvalue weighted by Gasteiger charge is 2.34. The van der Waals surface area contributed by atoms with E-state index in [1.54, 1.807) is 36.4 Å². The molecule has 190 valence electrons. The van der Waals surface area contributed by atoms with Crippen molar-refractivity contribution in [1.82, 2.24) is 0 Å². The molecular formula is C29H27ClN2O4S. The molecule has 0 aromatic heterocycles. The van der Waals surface area contributed by atoms with E-state index in [0.29, 0.717) is 29.2 Å².